The van der Waals surface area contributed by atoms with Gasteiger partial charge in [-0.3, -0.25) is 0 Å². The molecular formula is C16H22N2O2. The van der Waals surface area contributed by atoms with Crippen LogP contribution in [0.2, 0.25) is 0 Å². The van der Waals surface area contributed by atoms with Gasteiger partial charge in [0, 0.05) is 19.1 Å². The number of urea groups is 1. The molecule has 0 spiro atoms. The van der Waals surface area contributed by atoms with Gasteiger partial charge in [-0.25, -0.2) is 4.79 Å². The maximum absolute atomic E-state index is 12.0. The molecule has 3 rings (SSSR count). The van der Waals surface area contributed by atoms with E-state index in [4.69, 9.17) is 4.74 Å². The highest BCUT2D eigenvalue weighted by Crippen LogP contribution is 2.19. The minimum Gasteiger partial charge on any atom is -0.375 e. The number of amides is 2. The lowest BCUT2D eigenvalue weighted by Crippen LogP contribution is -2.50. The van der Waals surface area contributed by atoms with Gasteiger partial charge in [-0.15, -0.1) is 0 Å². The van der Waals surface area contributed by atoms with Crippen LogP contribution in [0.25, 0.3) is 0 Å². The van der Waals surface area contributed by atoms with Crippen LogP contribution in [0.15, 0.2) is 30.3 Å². The Balaban J connectivity index is 1.46. The van der Waals surface area contributed by atoms with Crippen molar-refractivity contribution in [2.45, 2.75) is 37.8 Å². The van der Waals surface area contributed by atoms with Gasteiger partial charge in [-0.05, 0) is 31.2 Å². The number of morpholine rings is 1. The van der Waals surface area contributed by atoms with Crippen molar-refractivity contribution in [1.29, 1.82) is 0 Å². The third kappa shape index (κ3) is 3.73. The largest absolute Gasteiger partial charge is 0.375 e. The molecule has 1 aromatic rings. The van der Waals surface area contributed by atoms with Gasteiger partial charge in [-0.2, -0.15) is 0 Å². The summed E-state index contributed by atoms with van der Waals surface area (Å²) in [5, 5.41) is 3.05. The van der Waals surface area contributed by atoms with E-state index in [1.165, 1.54) is 5.56 Å². The fraction of sp³-hybridized carbons (Fsp3) is 0.562. The molecule has 1 aromatic carbocycles. The summed E-state index contributed by atoms with van der Waals surface area (Å²) in [4.78, 5) is 13.9. The van der Waals surface area contributed by atoms with E-state index >= 15 is 0 Å². The first-order chi connectivity index (χ1) is 9.81. The fourth-order valence-electron chi connectivity index (χ4n) is 2.54. The molecule has 1 atom stereocenters. The lowest BCUT2D eigenvalue weighted by Gasteiger charge is -2.33. The third-order valence-electron chi connectivity index (χ3n) is 3.93. The second-order valence-electron chi connectivity index (χ2n) is 5.69. The Kier molecular flexibility index (Phi) is 4.21. The summed E-state index contributed by atoms with van der Waals surface area (Å²) in [6.45, 7) is 2.07. The van der Waals surface area contributed by atoms with E-state index in [0.29, 0.717) is 25.7 Å². The van der Waals surface area contributed by atoms with Gasteiger partial charge in [0.1, 0.15) is 0 Å². The first kappa shape index (κ1) is 13.4. The number of ether oxygens (including phenoxy) is 1. The Hall–Kier alpha value is -1.55. The van der Waals surface area contributed by atoms with Gasteiger partial charge in [0.15, 0.2) is 0 Å². The molecule has 2 amide bonds. The average molecular weight is 274 g/mol. The van der Waals surface area contributed by atoms with Crippen molar-refractivity contribution in [3.05, 3.63) is 35.9 Å². The fourth-order valence-corrected chi connectivity index (χ4v) is 2.54. The SMILES string of the molecule is O=C(NC1CC1)N1CCO[C@H](CCc2ccccc2)C1. The molecule has 20 heavy (non-hydrogen) atoms. The van der Waals surface area contributed by atoms with Crippen LogP contribution in [0, 0.1) is 0 Å². The maximum Gasteiger partial charge on any atom is 0.317 e. The number of aryl methyl sites for hydroxylation is 1. The molecule has 1 aliphatic heterocycles. The molecule has 4 nitrogen and oxygen atoms in total. The molecule has 1 saturated carbocycles. The molecule has 0 unspecified atom stereocenters. The Morgan fingerprint density at radius 3 is 2.85 bits per heavy atom. The molecular weight excluding hydrogens is 252 g/mol. The first-order valence-corrected chi connectivity index (χ1v) is 7.52. The highest BCUT2D eigenvalue weighted by Gasteiger charge is 2.29. The Morgan fingerprint density at radius 1 is 1.30 bits per heavy atom. The van der Waals surface area contributed by atoms with Crippen molar-refractivity contribution in [2.75, 3.05) is 19.7 Å². The minimum atomic E-state index is 0.0838. The van der Waals surface area contributed by atoms with Gasteiger partial charge in [0.2, 0.25) is 0 Å². The van der Waals surface area contributed by atoms with Gasteiger partial charge in [-0.1, -0.05) is 30.3 Å². The van der Waals surface area contributed by atoms with E-state index < -0.39 is 0 Å². The molecule has 0 aromatic heterocycles. The number of benzene rings is 1. The number of rotatable bonds is 4. The number of carbonyl (C=O) groups is 1. The quantitative estimate of drug-likeness (QED) is 0.914. The highest BCUT2D eigenvalue weighted by atomic mass is 16.5. The number of hydrogen-bond acceptors (Lipinski definition) is 2. The van der Waals surface area contributed by atoms with E-state index in [0.717, 1.165) is 25.7 Å². The normalized spacial score (nSPS) is 22.6. The van der Waals surface area contributed by atoms with Crippen LogP contribution in [0.3, 0.4) is 0 Å². The smallest absolute Gasteiger partial charge is 0.317 e. The Labute approximate surface area is 120 Å². The van der Waals surface area contributed by atoms with Crippen LogP contribution in [0.5, 0.6) is 0 Å². The highest BCUT2D eigenvalue weighted by molar-refractivity contribution is 5.75. The zero-order valence-electron chi connectivity index (χ0n) is 11.8. The van der Waals surface area contributed by atoms with E-state index in [1.807, 2.05) is 11.0 Å². The summed E-state index contributed by atoms with van der Waals surface area (Å²) < 4.78 is 5.78. The van der Waals surface area contributed by atoms with Crippen LogP contribution < -0.4 is 5.32 Å². The average Bonchev–Trinajstić information content (AvgIpc) is 3.30. The molecule has 1 aliphatic carbocycles. The predicted molar refractivity (Wildman–Crippen MR) is 77.6 cm³/mol. The second-order valence-corrected chi connectivity index (χ2v) is 5.69. The molecule has 1 saturated heterocycles. The summed E-state index contributed by atoms with van der Waals surface area (Å²) in [5.74, 6) is 0. The van der Waals surface area contributed by atoms with Crippen molar-refractivity contribution in [1.82, 2.24) is 10.2 Å². The topological polar surface area (TPSA) is 41.6 Å². The van der Waals surface area contributed by atoms with E-state index in [2.05, 4.69) is 29.6 Å². The number of carbonyl (C=O) groups excluding carboxylic acids is 1. The third-order valence-corrected chi connectivity index (χ3v) is 3.93. The van der Waals surface area contributed by atoms with E-state index in [1.54, 1.807) is 0 Å². The summed E-state index contributed by atoms with van der Waals surface area (Å²) >= 11 is 0. The molecule has 0 bridgehead atoms. The van der Waals surface area contributed by atoms with Crippen molar-refractivity contribution < 1.29 is 9.53 Å². The van der Waals surface area contributed by atoms with Crippen LogP contribution in [-0.4, -0.2) is 42.8 Å². The van der Waals surface area contributed by atoms with Crippen LogP contribution >= 0.6 is 0 Å². The monoisotopic (exact) mass is 274 g/mol. The number of nitrogens with one attached hydrogen (secondary N) is 1. The molecule has 4 heteroatoms. The van der Waals surface area contributed by atoms with Crippen molar-refractivity contribution >= 4 is 6.03 Å². The molecule has 2 aliphatic rings. The summed E-state index contributed by atoms with van der Waals surface area (Å²) in [5.41, 5.74) is 1.33. The van der Waals surface area contributed by atoms with Gasteiger partial charge in [0.05, 0.1) is 12.7 Å². The van der Waals surface area contributed by atoms with E-state index in [-0.39, 0.29) is 12.1 Å². The molecule has 2 fully saturated rings. The van der Waals surface area contributed by atoms with Crippen molar-refractivity contribution in [3.63, 3.8) is 0 Å². The zero-order valence-corrected chi connectivity index (χ0v) is 11.8. The second kappa shape index (κ2) is 6.27. The lowest BCUT2D eigenvalue weighted by molar-refractivity contribution is -0.0176. The summed E-state index contributed by atoms with van der Waals surface area (Å²) in [7, 11) is 0. The molecule has 108 valence electrons. The standard InChI is InChI=1S/C16H22N2O2/c19-16(17-14-7-8-14)18-10-11-20-15(12-18)9-6-13-4-2-1-3-5-13/h1-5,14-15H,6-12H2,(H,17,19)/t15-/m1/s1. The summed E-state index contributed by atoms with van der Waals surface area (Å²) in [6, 6.07) is 10.9. The van der Waals surface area contributed by atoms with E-state index in [9.17, 15) is 4.79 Å². The molecule has 1 heterocycles. The van der Waals surface area contributed by atoms with Crippen LogP contribution in [-0.2, 0) is 11.2 Å². The number of nitrogens with zero attached hydrogens (tertiary/aromatic N) is 1. The Bertz CT molecular complexity index is 445. The lowest BCUT2D eigenvalue weighted by atomic mass is 10.1. The molecule has 0 radical (unpaired) electrons. The number of hydrogen-bond donors (Lipinski definition) is 1. The summed E-state index contributed by atoms with van der Waals surface area (Å²) in [6.07, 6.45) is 4.40. The van der Waals surface area contributed by atoms with Gasteiger partial charge >= 0.3 is 6.03 Å². The van der Waals surface area contributed by atoms with Gasteiger partial charge < -0.3 is 15.0 Å². The molecule has 1 N–H and O–H groups in total. The van der Waals surface area contributed by atoms with Crippen LogP contribution in [0.1, 0.15) is 24.8 Å². The minimum absolute atomic E-state index is 0.0838. The van der Waals surface area contributed by atoms with Crippen LogP contribution in [0.4, 0.5) is 4.79 Å². The first-order valence-electron chi connectivity index (χ1n) is 7.52. The Morgan fingerprint density at radius 2 is 2.10 bits per heavy atom. The zero-order chi connectivity index (χ0) is 13.8. The maximum atomic E-state index is 12.0. The van der Waals surface area contributed by atoms with Crippen molar-refractivity contribution in [2.24, 2.45) is 0 Å². The predicted octanol–water partition coefficient (Wildman–Crippen LogP) is 2.19. The van der Waals surface area contributed by atoms with Gasteiger partial charge in [0.25, 0.3) is 0 Å². The van der Waals surface area contributed by atoms with Crippen molar-refractivity contribution in [3.8, 4) is 0 Å².